The van der Waals surface area contributed by atoms with Gasteiger partial charge in [-0.3, -0.25) is 4.98 Å². The lowest BCUT2D eigenvalue weighted by molar-refractivity contribution is -0.108. The van der Waals surface area contributed by atoms with Gasteiger partial charge in [0.1, 0.15) is 6.29 Å². The van der Waals surface area contributed by atoms with Crippen LogP contribution >= 0.6 is 0 Å². The maximum Gasteiger partial charge on any atom is 0.127 e. The molecular weight excluding hydrogens is 138 g/mol. The van der Waals surface area contributed by atoms with Crippen LogP contribution in [0.25, 0.3) is 0 Å². The maximum absolute atomic E-state index is 10.4. The molecule has 0 radical (unpaired) electrons. The molecule has 0 saturated heterocycles. The van der Waals surface area contributed by atoms with Gasteiger partial charge in [-0.2, -0.15) is 0 Å². The second-order valence-corrected chi connectivity index (χ2v) is 2.66. The molecule has 0 amide bonds. The fourth-order valence-electron chi connectivity index (χ4n) is 1.03. The monoisotopic (exact) mass is 149 g/mol. The molecule has 58 valence electrons. The summed E-state index contributed by atoms with van der Waals surface area (Å²) in [5.74, 6) is -0.0382. The minimum absolute atomic E-state index is 0.0382. The van der Waals surface area contributed by atoms with E-state index in [4.69, 9.17) is 0 Å². The second-order valence-electron chi connectivity index (χ2n) is 2.66. The molecule has 1 aromatic heterocycles. The molecule has 1 unspecified atom stereocenters. The van der Waals surface area contributed by atoms with Gasteiger partial charge in [-0.15, -0.1) is 0 Å². The third-order valence-electron chi connectivity index (χ3n) is 1.77. The number of hydrogen-bond donors (Lipinski definition) is 0. The van der Waals surface area contributed by atoms with E-state index in [1.54, 1.807) is 12.4 Å². The Kier molecular flexibility index (Phi) is 2.36. The highest BCUT2D eigenvalue weighted by molar-refractivity contribution is 5.61. The number of nitrogens with zero attached hydrogens (tertiary/aromatic N) is 1. The fraction of sp³-hybridized carbons (Fsp3) is 0.333. The molecule has 0 saturated carbocycles. The van der Waals surface area contributed by atoms with E-state index in [2.05, 4.69) is 4.98 Å². The van der Waals surface area contributed by atoms with Gasteiger partial charge in [-0.05, 0) is 24.1 Å². The fourth-order valence-corrected chi connectivity index (χ4v) is 1.03. The van der Waals surface area contributed by atoms with Gasteiger partial charge in [0.15, 0.2) is 0 Å². The standard InChI is InChI=1S/C9H11NO/c1-7-3-4-10-5-9(7)8(2)6-11/h3-6,8H,1-2H3. The van der Waals surface area contributed by atoms with Crippen LogP contribution in [0.15, 0.2) is 18.5 Å². The highest BCUT2D eigenvalue weighted by atomic mass is 16.1. The molecule has 0 aliphatic heterocycles. The Balaban J connectivity index is 3.02. The van der Waals surface area contributed by atoms with Crippen LogP contribution in [0, 0.1) is 6.92 Å². The molecule has 0 N–H and O–H groups in total. The zero-order chi connectivity index (χ0) is 8.27. The summed E-state index contributed by atoms with van der Waals surface area (Å²) in [5.41, 5.74) is 2.14. The molecule has 0 aliphatic rings. The number of aryl methyl sites for hydroxylation is 1. The molecule has 2 nitrogen and oxygen atoms in total. The zero-order valence-corrected chi connectivity index (χ0v) is 6.74. The number of pyridine rings is 1. The van der Waals surface area contributed by atoms with Gasteiger partial charge in [0.05, 0.1) is 0 Å². The molecule has 1 rings (SSSR count). The van der Waals surface area contributed by atoms with Crippen molar-refractivity contribution in [2.75, 3.05) is 0 Å². The summed E-state index contributed by atoms with van der Waals surface area (Å²) < 4.78 is 0. The highest BCUT2D eigenvalue weighted by Crippen LogP contribution is 2.14. The molecule has 0 aliphatic carbocycles. The van der Waals surface area contributed by atoms with E-state index in [0.29, 0.717) is 0 Å². The first-order valence-corrected chi connectivity index (χ1v) is 3.61. The SMILES string of the molecule is Cc1ccncc1C(C)C=O. The average Bonchev–Trinajstić information content (AvgIpc) is 2.04. The van der Waals surface area contributed by atoms with Crippen molar-refractivity contribution in [3.8, 4) is 0 Å². The molecule has 2 heteroatoms. The Labute approximate surface area is 66.3 Å². The Morgan fingerprint density at radius 2 is 2.36 bits per heavy atom. The summed E-state index contributed by atoms with van der Waals surface area (Å²) in [6.07, 6.45) is 4.41. The normalized spacial score (nSPS) is 12.5. The van der Waals surface area contributed by atoms with Crippen molar-refractivity contribution in [3.05, 3.63) is 29.6 Å². The molecule has 11 heavy (non-hydrogen) atoms. The number of carbonyl (C=O) groups excluding carboxylic acids is 1. The first-order chi connectivity index (χ1) is 5.25. The predicted molar refractivity (Wildman–Crippen MR) is 43.5 cm³/mol. The summed E-state index contributed by atoms with van der Waals surface area (Å²) in [7, 11) is 0. The highest BCUT2D eigenvalue weighted by Gasteiger charge is 2.05. The van der Waals surface area contributed by atoms with E-state index >= 15 is 0 Å². The van der Waals surface area contributed by atoms with Gasteiger partial charge in [-0.1, -0.05) is 6.92 Å². The van der Waals surface area contributed by atoms with Crippen LogP contribution in [0.4, 0.5) is 0 Å². The number of hydrogen-bond acceptors (Lipinski definition) is 2. The first kappa shape index (κ1) is 7.92. The topological polar surface area (TPSA) is 30.0 Å². The number of aromatic nitrogens is 1. The van der Waals surface area contributed by atoms with Gasteiger partial charge in [0.25, 0.3) is 0 Å². The van der Waals surface area contributed by atoms with Crippen LogP contribution in [-0.4, -0.2) is 11.3 Å². The Morgan fingerprint density at radius 1 is 1.64 bits per heavy atom. The van der Waals surface area contributed by atoms with Crippen LogP contribution < -0.4 is 0 Å². The lowest BCUT2D eigenvalue weighted by atomic mass is 10.0. The minimum Gasteiger partial charge on any atom is -0.303 e. The van der Waals surface area contributed by atoms with E-state index in [0.717, 1.165) is 17.4 Å². The summed E-state index contributed by atoms with van der Waals surface area (Å²) in [6, 6.07) is 1.91. The van der Waals surface area contributed by atoms with E-state index in [-0.39, 0.29) is 5.92 Å². The van der Waals surface area contributed by atoms with E-state index in [9.17, 15) is 4.79 Å². The molecule has 1 heterocycles. The Bertz CT molecular complexity index is 257. The van der Waals surface area contributed by atoms with E-state index in [1.807, 2.05) is 19.9 Å². The van der Waals surface area contributed by atoms with Crippen molar-refractivity contribution in [2.24, 2.45) is 0 Å². The number of carbonyl (C=O) groups is 1. The molecule has 0 fully saturated rings. The van der Waals surface area contributed by atoms with Gasteiger partial charge in [0, 0.05) is 18.3 Å². The summed E-state index contributed by atoms with van der Waals surface area (Å²) in [6.45, 7) is 3.86. The van der Waals surface area contributed by atoms with Gasteiger partial charge in [-0.25, -0.2) is 0 Å². The number of aldehydes is 1. The predicted octanol–water partition coefficient (Wildman–Crippen LogP) is 1.69. The largest absolute Gasteiger partial charge is 0.303 e. The third-order valence-corrected chi connectivity index (χ3v) is 1.77. The first-order valence-electron chi connectivity index (χ1n) is 3.61. The third kappa shape index (κ3) is 1.64. The van der Waals surface area contributed by atoms with Crippen molar-refractivity contribution < 1.29 is 4.79 Å². The molecule has 0 bridgehead atoms. The second kappa shape index (κ2) is 3.28. The Morgan fingerprint density at radius 3 is 2.91 bits per heavy atom. The number of rotatable bonds is 2. The van der Waals surface area contributed by atoms with Crippen molar-refractivity contribution in [3.63, 3.8) is 0 Å². The van der Waals surface area contributed by atoms with Gasteiger partial charge >= 0.3 is 0 Å². The van der Waals surface area contributed by atoms with E-state index in [1.165, 1.54) is 0 Å². The lowest BCUT2D eigenvalue weighted by Crippen LogP contribution is -1.97. The van der Waals surface area contributed by atoms with Crippen LogP contribution in [0.3, 0.4) is 0 Å². The van der Waals surface area contributed by atoms with Crippen LogP contribution in [0.5, 0.6) is 0 Å². The molecule has 1 atom stereocenters. The minimum atomic E-state index is -0.0382. The van der Waals surface area contributed by atoms with Crippen molar-refractivity contribution >= 4 is 6.29 Å². The van der Waals surface area contributed by atoms with Crippen molar-refractivity contribution in [1.29, 1.82) is 0 Å². The van der Waals surface area contributed by atoms with Gasteiger partial charge in [0.2, 0.25) is 0 Å². The van der Waals surface area contributed by atoms with Crippen LogP contribution in [-0.2, 0) is 4.79 Å². The molecule has 1 aromatic rings. The maximum atomic E-state index is 10.4. The van der Waals surface area contributed by atoms with Crippen molar-refractivity contribution in [2.45, 2.75) is 19.8 Å². The lowest BCUT2D eigenvalue weighted by Gasteiger charge is -2.05. The van der Waals surface area contributed by atoms with Gasteiger partial charge < -0.3 is 4.79 Å². The Hall–Kier alpha value is -1.18. The molecular formula is C9H11NO. The summed E-state index contributed by atoms with van der Waals surface area (Å²) >= 11 is 0. The molecule has 0 aromatic carbocycles. The average molecular weight is 149 g/mol. The van der Waals surface area contributed by atoms with Crippen LogP contribution in [0.2, 0.25) is 0 Å². The summed E-state index contributed by atoms with van der Waals surface area (Å²) in [5, 5.41) is 0. The zero-order valence-electron chi connectivity index (χ0n) is 6.74. The smallest absolute Gasteiger partial charge is 0.127 e. The molecule has 0 spiro atoms. The van der Waals surface area contributed by atoms with Crippen molar-refractivity contribution in [1.82, 2.24) is 4.98 Å². The van der Waals surface area contributed by atoms with E-state index < -0.39 is 0 Å². The van der Waals surface area contributed by atoms with Crippen LogP contribution in [0.1, 0.15) is 24.0 Å². The quantitative estimate of drug-likeness (QED) is 0.599. The summed E-state index contributed by atoms with van der Waals surface area (Å²) in [4.78, 5) is 14.4.